The summed E-state index contributed by atoms with van der Waals surface area (Å²) in [7, 11) is 3.54. The van der Waals surface area contributed by atoms with Gasteiger partial charge in [0.2, 0.25) is 5.75 Å². The number of carbonyl (C=O) groups excluding carboxylic acids is 2. The van der Waals surface area contributed by atoms with Gasteiger partial charge >= 0.3 is 17.7 Å². The van der Waals surface area contributed by atoms with Crippen LogP contribution in [0.1, 0.15) is 10.4 Å². The van der Waals surface area contributed by atoms with Crippen molar-refractivity contribution >= 4 is 44.9 Å². The molecule has 0 bridgehead atoms. The number of benzene rings is 2. The molecule has 0 radical (unpaired) electrons. The summed E-state index contributed by atoms with van der Waals surface area (Å²) in [6.45, 7) is 0. The Bertz CT molecular complexity index is 1170. The number of anilines is 2. The second-order valence-electron chi connectivity index (χ2n) is 6.55. The summed E-state index contributed by atoms with van der Waals surface area (Å²) < 4.78 is 5.99. The maximum absolute atomic E-state index is 12.5. The molecule has 32 heavy (non-hydrogen) atoms. The maximum atomic E-state index is 12.5. The normalized spacial score (nSPS) is 10.2. The first-order valence-electron chi connectivity index (χ1n) is 9.07. The predicted octanol–water partition coefficient (Wildman–Crippen LogP) is 3.97. The van der Waals surface area contributed by atoms with Crippen molar-refractivity contribution in [1.29, 1.82) is 0 Å². The molecular weight excluding hydrogens is 484 g/mol. The van der Waals surface area contributed by atoms with Crippen molar-refractivity contribution in [3.63, 3.8) is 0 Å². The highest BCUT2D eigenvalue weighted by Crippen LogP contribution is 2.32. The van der Waals surface area contributed by atoms with Crippen LogP contribution in [0, 0.1) is 10.1 Å². The molecule has 3 rings (SSSR count). The molecule has 1 aromatic heterocycles. The second-order valence-corrected chi connectivity index (χ2v) is 7.46. The molecule has 2 N–H and O–H groups in total. The van der Waals surface area contributed by atoms with E-state index in [4.69, 9.17) is 4.74 Å². The zero-order valence-electron chi connectivity index (χ0n) is 16.9. The van der Waals surface area contributed by atoms with Crippen molar-refractivity contribution in [3.05, 3.63) is 75.0 Å². The molecular formula is C20H17BrN6O5. The van der Waals surface area contributed by atoms with Crippen LogP contribution in [0.3, 0.4) is 0 Å². The van der Waals surface area contributed by atoms with Crippen molar-refractivity contribution in [2.24, 2.45) is 0 Å². The van der Waals surface area contributed by atoms with Crippen LogP contribution < -0.4 is 20.3 Å². The number of nitro benzene ring substituents is 1. The van der Waals surface area contributed by atoms with Crippen LogP contribution in [0.15, 0.2) is 59.3 Å². The van der Waals surface area contributed by atoms with Gasteiger partial charge in [-0.3, -0.25) is 20.2 Å². The number of imide groups is 1. The van der Waals surface area contributed by atoms with Crippen molar-refractivity contribution in [1.82, 2.24) is 15.3 Å². The molecule has 0 saturated carbocycles. The summed E-state index contributed by atoms with van der Waals surface area (Å²) in [5, 5.41) is 16.1. The monoisotopic (exact) mass is 500 g/mol. The number of para-hydroxylation sites is 1. The molecule has 0 fully saturated rings. The highest BCUT2D eigenvalue weighted by molar-refractivity contribution is 9.10. The molecule has 0 aliphatic rings. The molecule has 3 aromatic rings. The van der Waals surface area contributed by atoms with E-state index in [1.54, 1.807) is 43.3 Å². The quantitative estimate of drug-likeness (QED) is 0.382. The lowest BCUT2D eigenvalue weighted by atomic mass is 10.1. The molecule has 11 nitrogen and oxygen atoms in total. The molecule has 164 valence electrons. The summed E-state index contributed by atoms with van der Waals surface area (Å²) in [6.07, 6.45) is 2.86. The van der Waals surface area contributed by atoms with E-state index in [1.807, 2.05) is 0 Å². The Hall–Kier alpha value is -4.06. The van der Waals surface area contributed by atoms with Gasteiger partial charge in [-0.15, -0.1) is 0 Å². The Morgan fingerprint density at radius 3 is 2.47 bits per heavy atom. The molecule has 12 heteroatoms. The van der Waals surface area contributed by atoms with Gasteiger partial charge in [0.1, 0.15) is 0 Å². The average molecular weight is 501 g/mol. The Morgan fingerprint density at radius 2 is 1.81 bits per heavy atom. The van der Waals surface area contributed by atoms with Crippen LogP contribution in [0.25, 0.3) is 0 Å². The van der Waals surface area contributed by atoms with Crippen molar-refractivity contribution in [2.45, 2.75) is 0 Å². The number of carbonyl (C=O) groups is 2. The van der Waals surface area contributed by atoms with E-state index in [1.165, 1.54) is 24.5 Å². The van der Waals surface area contributed by atoms with E-state index < -0.39 is 22.5 Å². The van der Waals surface area contributed by atoms with Gasteiger partial charge in [-0.05, 0) is 40.2 Å². The van der Waals surface area contributed by atoms with Crippen LogP contribution in [-0.4, -0.2) is 40.9 Å². The zero-order valence-corrected chi connectivity index (χ0v) is 18.5. The number of hydrogen-bond donors (Lipinski definition) is 2. The maximum Gasteiger partial charge on any atom is 0.326 e. The fraction of sp³-hybridized carbons (Fsp3) is 0.100. The molecule has 1 heterocycles. The number of halogens is 1. The molecule has 2 aromatic carbocycles. The van der Waals surface area contributed by atoms with E-state index in [2.05, 4.69) is 36.5 Å². The van der Waals surface area contributed by atoms with Crippen LogP contribution in [0.2, 0.25) is 0 Å². The van der Waals surface area contributed by atoms with Crippen LogP contribution in [-0.2, 0) is 0 Å². The lowest BCUT2D eigenvalue weighted by Crippen LogP contribution is -2.35. The highest BCUT2D eigenvalue weighted by Gasteiger charge is 2.20. The number of nitrogens with one attached hydrogen (secondary N) is 2. The minimum atomic E-state index is -0.845. The van der Waals surface area contributed by atoms with E-state index in [9.17, 15) is 19.7 Å². The number of nitro groups is 1. The van der Waals surface area contributed by atoms with Crippen molar-refractivity contribution < 1.29 is 19.2 Å². The number of urea groups is 1. The Balaban J connectivity index is 1.74. The molecule has 3 amide bonds. The van der Waals surface area contributed by atoms with Gasteiger partial charge in [0.05, 0.1) is 15.0 Å². The van der Waals surface area contributed by atoms with Crippen LogP contribution in [0.4, 0.5) is 21.9 Å². The van der Waals surface area contributed by atoms with Gasteiger partial charge in [0, 0.05) is 43.9 Å². The molecule has 0 aliphatic carbocycles. The van der Waals surface area contributed by atoms with E-state index >= 15 is 0 Å². The molecule has 0 saturated heterocycles. The van der Waals surface area contributed by atoms with Crippen molar-refractivity contribution in [2.75, 3.05) is 24.3 Å². The third-order valence-corrected chi connectivity index (χ3v) is 4.48. The van der Waals surface area contributed by atoms with E-state index in [0.717, 1.165) is 6.07 Å². The highest BCUT2D eigenvalue weighted by atomic mass is 79.9. The van der Waals surface area contributed by atoms with Gasteiger partial charge < -0.3 is 15.0 Å². The van der Waals surface area contributed by atoms with E-state index in [-0.39, 0.29) is 17.4 Å². The lowest BCUT2D eigenvalue weighted by Gasteiger charge is -2.16. The lowest BCUT2D eigenvalue weighted by molar-refractivity contribution is -0.385. The smallest absolute Gasteiger partial charge is 0.326 e. The molecule has 0 unspecified atom stereocenters. The zero-order chi connectivity index (χ0) is 23.3. The fourth-order valence-electron chi connectivity index (χ4n) is 2.66. The number of hydrogen-bond acceptors (Lipinski definition) is 8. The number of amides is 3. The Kier molecular flexibility index (Phi) is 6.95. The number of rotatable bonds is 6. The van der Waals surface area contributed by atoms with Crippen LogP contribution >= 0.6 is 15.9 Å². The topological polar surface area (TPSA) is 140 Å². The minimum absolute atomic E-state index is 0.0834. The van der Waals surface area contributed by atoms with Gasteiger partial charge in [-0.1, -0.05) is 12.1 Å². The number of nitrogens with zero attached hydrogens (tertiary/aromatic N) is 4. The summed E-state index contributed by atoms with van der Waals surface area (Å²) in [5.74, 6) is -0.729. The summed E-state index contributed by atoms with van der Waals surface area (Å²) in [6, 6.07) is 9.63. The first-order valence-corrected chi connectivity index (χ1v) is 9.86. The molecule has 0 spiro atoms. The third-order valence-electron chi connectivity index (χ3n) is 4.07. The third kappa shape index (κ3) is 5.55. The summed E-state index contributed by atoms with van der Waals surface area (Å²) in [4.78, 5) is 45.1. The SMILES string of the molecule is CN(C)c1ccccc1C(=O)NC(=O)Nc1ccc(Oc2ncc(Br)cn2)c([N+](=O)[O-])c1. The largest absolute Gasteiger partial charge is 0.417 e. The average Bonchev–Trinajstić information content (AvgIpc) is 2.76. The first-order chi connectivity index (χ1) is 15.2. The van der Waals surface area contributed by atoms with Crippen LogP contribution in [0.5, 0.6) is 11.8 Å². The number of ether oxygens (including phenoxy) is 1. The summed E-state index contributed by atoms with van der Waals surface area (Å²) >= 11 is 3.18. The van der Waals surface area contributed by atoms with Gasteiger partial charge in [-0.25, -0.2) is 14.8 Å². The summed E-state index contributed by atoms with van der Waals surface area (Å²) in [5.41, 5.74) is 0.604. The van der Waals surface area contributed by atoms with Crippen molar-refractivity contribution in [3.8, 4) is 11.8 Å². The minimum Gasteiger partial charge on any atom is -0.417 e. The Labute approximate surface area is 190 Å². The number of aromatic nitrogens is 2. The van der Waals surface area contributed by atoms with Gasteiger partial charge in [0.15, 0.2) is 0 Å². The fourth-order valence-corrected chi connectivity index (χ4v) is 2.87. The Morgan fingerprint density at radius 1 is 1.12 bits per heavy atom. The molecule has 0 atom stereocenters. The standard InChI is InChI=1S/C20H17BrN6O5/c1-26(2)15-6-4-3-5-14(15)18(28)25-19(29)24-13-7-8-17(16(9-13)27(30)31)32-20-22-10-12(21)11-23-20/h3-11H,1-2H3,(H2,24,25,28,29). The van der Waals surface area contributed by atoms with E-state index in [0.29, 0.717) is 15.7 Å². The second kappa shape index (κ2) is 9.83. The molecule has 0 aliphatic heterocycles. The predicted molar refractivity (Wildman–Crippen MR) is 120 cm³/mol. The van der Waals surface area contributed by atoms with Gasteiger partial charge in [0.25, 0.3) is 5.91 Å². The first kappa shape index (κ1) is 22.6. The van der Waals surface area contributed by atoms with Gasteiger partial charge in [-0.2, -0.15) is 0 Å².